The van der Waals surface area contributed by atoms with E-state index in [0.717, 1.165) is 30.2 Å². The van der Waals surface area contributed by atoms with E-state index >= 15 is 0 Å². The number of carbonyl (C=O) groups excluding carboxylic acids is 1. The Balaban J connectivity index is 1.57. The third-order valence-corrected chi connectivity index (χ3v) is 4.28. The van der Waals surface area contributed by atoms with Gasteiger partial charge in [0.1, 0.15) is 11.6 Å². The van der Waals surface area contributed by atoms with E-state index < -0.39 is 0 Å². The zero-order chi connectivity index (χ0) is 18.4. The van der Waals surface area contributed by atoms with E-state index in [-0.39, 0.29) is 18.1 Å². The Labute approximate surface area is 152 Å². The van der Waals surface area contributed by atoms with Crippen LogP contribution in [0.4, 0.5) is 15.9 Å². The van der Waals surface area contributed by atoms with Gasteiger partial charge in [0.25, 0.3) is 0 Å². The van der Waals surface area contributed by atoms with E-state index in [9.17, 15) is 9.18 Å². The first-order chi connectivity index (χ1) is 12.6. The maximum atomic E-state index is 13.1. The molecule has 1 aliphatic rings. The Bertz CT molecular complexity index is 771. The van der Waals surface area contributed by atoms with Gasteiger partial charge in [-0.05, 0) is 29.8 Å². The van der Waals surface area contributed by atoms with Crippen LogP contribution in [0.3, 0.4) is 0 Å². The molecule has 5 nitrogen and oxygen atoms in total. The lowest BCUT2D eigenvalue weighted by Crippen LogP contribution is -2.36. The highest BCUT2D eigenvalue weighted by Crippen LogP contribution is 2.18. The third kappa shape index (κ3) is 4.67. The highest BCUT2D eigenvalue weighted by molar-refractivity contribution is 5.94. The van der Waals surface area contributed by atoms with Gasteiger partial charge in [-0.25, -0.2) is 9.37 Å². The molecule has 1 aromatic heterocycles. The number of carbonyl (C=O) groups is 1. The van der Waals surface area contributed by atoms with Crippen molar-refractivity contribution < 1.29 is 13.9 Å². The summed E-state index contributed by atoms with van der Waals surface area (Å²) < 4.78 is 18.5. The lowest BCUT2D eigenvalue weighted by molar-refractivity contribution is -0.117. The number of nitrogens with zero attached hydrogens (tertiary/aromatic N) is 3. The van der Waals surface area contributed by atoms with E-state index in [1.54, 1.807) is 42.4 Å². The van der Waals surface area contributed by atoms with Crippen molar-refractivity contribution >= 4 is 23.5 Å². The summed E-state index contributed by atoms with van der Waals surface area (Å²) in [6, 6.07) is 10.1. The molecule has 2 heterocycles. The van der Waals surface area contributed by atoms with Gasteiger partial charge in [-0.15, -0.1) is 0 Å². The van der Waals surface area contributed by atoms with Crippen LogP contribution in [-0.4, -0.2) is 44.2 Å². The van der Waals surface area contributed by atoms with Gasteiger partial charge < -0.3 is 14.5 Å². The molecule has 1 aromatic carbocycles. The number of morpholine rings is 1. The van der Waals surface area contributed by atoms with Crippen molar-refractivity contribution in [3.05, 3.63) is 60.1 Å². The Hall–Kier alpha value is -2.73. The SMILES string of the molecule is CN(C(=O)CC=Cc1cccc(F)c1)c1ccc(N2CCOCC2)nc1. The number of ether oxygens (including phenoxy) is 1. The van der Waals surface area contributed by atoms with Gasteiger partial charge in [-0.1, -0.05) is 24.3 Å². The summed E-state index contributed by atoms with van der Waals surface area (Å²) in [5.41, 5.74) is 1.48. The van der Waals surface area contributed by atoms with Crippen LogP contribution >= 0.6 is 0 Å². The van der Waals surface area contributed by atoms with E-state index in [0.29, 0.717) is 13.2 Å². The van der Waals surface area contributed by atoms with Crippen LogP contribution in [0.1, 0.15) is 12.0 Å². The fraction of sp³-hybridized carbons (Fsp3) is 0.300. The Morgan fingerprint density at radius 2 is 2.12 bits per heavy atom. The molecule has 0 unspecified atom stereocenters. The summed E-state index contributed by atoms with van der Waals surface area (Å²) >= 11 is 0. The lowest BCUT2D eigenvalue weighted by Gasteiger charge is -2.28. The summed E-state index contributed by atoms with van der Waals surface area (Å²) in [5, 5.41) is 0. The lowest BCUT2D eigenvalue weighted by atomic mass is 10.2. The molecule has 0 radical (unpaired) electrons. The highest BCUT2D eigenvalue weighted by Gasteiger charge is 2.14. The fourth-order valence-electron chi connectivity index (χ4n) is 2.74. The molecule has 2 aromatic rings. The molecule has 3 rings (SSSR count). The smallest absolute Gasteiger partial charge is 0.230 e. The third-order valence-electron chi connectivity index (χ3n) is 4.28. The van der Waals surface area contributed by atoms with Crippen molar-refractivity contribution in [2.24, 2.45) is 0 Å². The minimum atomic E-state index is -0.290. The van der Waals surface area contributed by atoms with Crippen LogP contribution in [0.5, 0.6) is 0 Å². The fourth-order valence-corrected chi connectivity index (χ4v) is 2.74. The summed E-state index contributed by atoms with van der Waals surface area (Å²) in [6.45, 7) is 3.07. The molecule has 0 saturated carbocycles. The van der Waals surface area contributed by atoms with Crippen molar-refractivity contribution in [1.29, 1.82) is 0 Å². The van der Waals surface area contributed by atoms with E-state index in [2.05, 4.69) is 9.88 Å². The molecular weight excluding hydrogens is 333 g/mol. The molecule has 0 N–H and O–H groups in total. The monoisotopic (exact) mass is 355 g/mol. The standard InChI is InChI=1S/C20H22FN3O2/c1-23(20(25)7-3-5-16-4-2-6-17(21)14-16)18-8-9-19(22-15-18)24-10-12-26-13-11-24/h2-6,8-9,14-15H,7,10-13H2,1H3. The molecule has 1 amide bonds. The average molecular weight is 355 g/mol. The summed E-state index contributed by atoms with van der Waals surface area (Å²) in [6.07, 6.45) is 5.43. The van der Waals surface area contributed by atoms with Crippen molar-refractivity contribution in [1.82, 2.24) is 4.98 Å². The summed E-state index contributed by atoms with van der Waals surface area (Å²) in [7, 11) is 1.73. The zero-order valence-corrected chi connectivity index (χ0v) is 14.8. The zero-order valence-electron chi connectivity index (χ0n) is 14.8. The van der Waals surface area contributed by atoms with Gasteiger partial charge in [0.05, 0.1) is 25.1 Å². The van der Waals surface area contributed by atoms with Crippen molar-refractivity contribution in [2.45, 2.75) is 6.42 Å². The maximum Gasteiger partial charge on any atom is 0.230 e. The van der Waals surface area contributed by atoms with E-state index in [1.807, 2.05) is 12.1 Å². The van der Waals surface area contributed by atoms with Gasteiger partial charge >= 0.3 is 0 Å². The number of rotatable bonds is 5. The molecule has 136 valence electrons. The first-order valence-corrected chi connectivity index (χ1v) is 8.61. The van der Waals surface area contributed by atoms with Crippen LogP contribution in [0.2, 0.25) is 0 Å². The van der Waals surface area contributed by atoms with Gasteiger partial charge in [-0.2, -0.15) is 0 Å². The molecule has 1 fully saturated rings. The van der Waals surface area contributed by atoms with Crippen LogP contribution in [0, 0.1) is 5.82 Å². The van der Waals surface area contributed by atoms with E-state index in [1.165, 1.54) is 12.1 Å². The predicted octanol–water partition coefficient (Wildman–Crippen LogP) is 3.12. The molecule has 0 atom stereocenters. The second kappa shape index (κ2) is 8.58. The molecule has 0 spiro atoms. The molecular formula is C20H22FN3O2. The molecule has 26 heavy (non-hydrogen) atoms. The number of anilines is 2. The molecule has 0 aliphatic carbocycles. The van der Waals surface area contributed by atoms with Crippen LogP contribution in [0.25, 0.3) is 6.08 Å². The summed E-state index contributed by atoms with van der Waals surface area (Å²) in [5.74, 6) is 0.546. The predicted molar refractivity (Wildman–Crippen MR) is 101 cm³/mol. The largest absolute Gasteiger partial charge is 0.378 e. The van der Waals surface area contributed by atoms with Crippen LogP contribution < -0.4 is 9.80 Å². The van der Waals surface area contributed by atoms with Gasteiger partial charge in [0.2, 0.25) is 5.91 Å². The number of hydrogen-bond acceptors (Lipinski definition) is 4. The van der Waals surface area contributed by atoms with Crippen molar-refractivity contribution in [2.75, 3.05) is 43.2 Å². The Morgan fingerprint density at radius 1 is 1.31 bits per heavy atom. The first-order valence-electron chi connectivity index (χ1n) is 8.61. The van der Waals surface area contributed by atoms with Crippen molar-refractivity contribution in [3.8, 4) is 0 Å². The number of halogens is 1. The first kappa shape index (κ1) is 18.1. The van der Waals surface area contributed by atoms with Crippen LogP contribution in [0.15, 0.2) is 48.7 Å². The normalized spacial score (nSPS) is 14.6. The summed E-state index contributed by atoms with van der Waals surface area (Å²) in [4.78, 5) is 20.5. The minimum Gasteiger partial charge on any atom is -0.378 e. The quantitative estimate of drug-likeness (QED) is 0.827. The second-order valence-corrected chi connectivity index (χ2v) is 6.09. The highest BCUT2D eigenvalue weighted by atomic mass is 19.1. The number of aromatic nitrogens is 1. The van der Waals surface area contributed by atoms with Crippen LogP contribution in [-0.2, 0) is 9.53 Å². The van der Waals surface area contributed by atoms with Gasteiger partial charge in [0, 0.05) is 26.6 Å². The number of amides is 1. The molecule has 1 aliphatic heterocycles. The van der Waals surface area contributed by atoms with Gasteiger partial charge in [0.15, 0.2) is 0 Å². The molecule has 6 heteroatoms. The minimum absolute atomic E-state index is 0.0569. The van der Waals surface area contributed by atoms with Gasteiger partial charge in [-0.3, -0.25) is 4.79 Å². The number of pyridine rings is 1. The number of hydrogen-bond donors (Lipinski definition) is 0. The molecule has 1 saturated heterocycles. The second-order valence-electron chi connectivity index (χ2n) is 6.09. The van der Waals surface area contributed by atoms with Crippen molar-refractivity contribution in [3.63, 3.8) is 0 Å². The Morgan fingerprint density at radius 3 is 2.81 bits per heavy atom. The number of benzene rings is 1. The molecule has 0 bridgehead atoms. The topological polar surface area (TPSA) is 45.7 Å². The average Bonchev–Trinajstić information content (AvgIpc) is 2.68. The Kier molecular flexibility index (Phi) is 5.96. The maximum absolute atomic E-state index is 13.1. The van der Waals surface area contributed by atoms with E-state index in [4.69, 9.17) is 4.74 Å².